The molecule has 0 unspecified atom stereocenters. The van der Waals surface area contributed by atoms with E-state index in [-0.39, 0.29) is 13.2 Å². The minimum absolute atomic E-state index is 0.109. The highest BCUT2D eigenvalue weighted by Gasteiger charge is 2.48. The Hall–Kier alpha value is -3.02. The number of methoxy groups -OCH3 is 1. The third kappa shape index (κ3) is 7.98. The van der Waals surface area contributed by atoms with Crippen LogP contribution in [-0.4, -0.2) is 51.0 Å². The van der Waals surface area contributed by atoms with Crippen molar-refractivity contribution in [2.24, 2.45) is 0 Å². The molecule has 1 fully saturated rings. The number of hydrogen-bond donors (Lipinski definition) is 0. The van der Waals surface area contributed by atoms with Crippen molar-refractivity contribution in [2.45, 2.75) is 50.5 Å². The molecular formula is C31H34O6. The highest BCUT2D eigenvalue weighted by Crippen LogP contribution is 2.30. The van der Waals surface area contributed by atoms with Gasteiger partial charge in [0, 0.05) is 7.11 Å². The summed E-state index contributed by atoms with van der Waals surface area (Å²) in [5, 5.41) is 0. The van der Waals surface area contributed by atoms with Crippen LogP contribution in [0.15, 0.2) is 91.0 Å². The Bertz CT molecular complexity index is 1070. The van der Waals surface area contributed by atoms with E-state index in [9.17, 15) is 0 Å². The van der Waals surface area contributed by atoms with Crippen LogP contribution >= 0.6 is 0 Å². The van der Waals surface area contributed by atoms with Gasteiger partial charge in [-0.05, 0) is 16.7 Å². The summed E-state index contributed by atoms with van der Waals surface area (Å²) in [7, 11) is 1.60. The largest absolute Gasteiger partial charge is 0.374 e. The lowest BCUT2D eigenvalue weighted by molar-refractivity contribution is -0.320. The topological polar surface area (TPSA) is 55.4 Å². The molecule has 1 aliphatic heterocycles. The molecule has 0 amide bonds. The molecular weight excluding hydrogens is 468 g/mol. The maximum absolute atomic E-state index is 6.47. The van der Waals surface area contributed by atoms with Crippen molar-refractivity contribution in [1.82, 2.24) is 0 Å². The van der Waals surface area contributed by atoms with Gasteiger partial charge in [-0.3, -0.25) is 0 Å². The van der Waals surface area contributed by atoms with Gasteiger partial charge in [0.1, 0.15) is 31.0 Å². The highest BCUT2D eigenvalue weighted by atomic mass is 16.7. The predicted molar refractivity (Wildman–Crippen MR) is 140 cm³/mol. The smallest absolute Gasteiger partial charge is 0.186 e. The van der Waals surface area contributed by atoms with Crippen molar-refractivity contribution in [2.75, 3.05) is 20.3 Å². The van der Waals surface area contributed by atoms with Crippen LogP contribution in [0.5, 0.6) is 0 Å². The third-order valence-electron chi connectivity index (χ3n) is 6.15. The lowest BCUT2D eigenvalue weighted by atomic mass is 9.98. The summed E-state index contributed by atoms with van der Waals surface area (Å²) in [6.07, 6.45) is 2.81. The first-order valence-electron chi connectivity index (χ1n) is 12.4. The Morgan fingerprint density at radius 2 is 1.19 bits per heavy atom. The maximum Gasteiger partial charge on any atom is 0.186 e. The van der Waals surface area contributed by atoms with E-state index in [0.29, 0.717) is 19.8 Å². The van der Waals surface area contributed by atoms with Gasteiger partial charge in [-0.15, -0.1) is 6.42 Å². The first kappa shape index (κ1) is 27.0. The van der Waals surface area contributed by atoms with Gasteiger partial charge in [0.25, 0.3) is 0 Å². The van der Waals surface area contributed by atoms with Crippen LogP contribution in [0, 0.1) is 12.3 Å². The fraction of sp³-hybridized carbons (Fsp3) is 0.355. The van der Waals surface area contributed by atoms with E-state index in [1.54, 1.807) is 7.11 Å². The fourth-order valence-electron chi connectivity index (χ4n) is 4.31. The Labute approximate surface area is 219 Å². The van der Waals surface area contributed by atoms with Gasteiger partial charge in [-0.2, -0.15) is 0 Å². The molecule has 0 radical (unpaired) electrons. The lowest BCUT2D eigenvalue weighted by Gasteiger charge is -2.45. The molecule has 0 aromatic heterocycles. The molecule has 0 aliphatic carbocycles. The summed E-state index contributed by atoms with van der Waals surface area (Å²) < 4.78 is 37.0. The number of terminal acetylenes is 1. The summed E-state index contributed by atoms with van der Waals surface area (Å²) in [4.78, 5) is 0. The molecule has 6 heteroatoms. The number of benzene rings is 3. The number of rotatable bonds is 13. The lowest BCUT2D eigenvalue weighted by Crippen LogP contribution is -2.61. The molecule has 1 aliphatic rings. The van der Waals surface area contributed by atoms with E-state index in [0.717, 1.165) is 16.7 Å². The van der Waals surface area contributed by atoms with Crippen LogP contribution < -0.4 is 0 Å². The quantitative estimate of drug-likeness (QED) is 0.314. The van der Waals surface area contributed by atoms with Crippen molar-refractivity contribution in [3.63, 3.8) is 0 Å². The maximum atomic E-state index is 6.47. The summed E-state index contributed by atoms with van der Waals surface area (Å²) >= 11 is 0. The Morgan fingerprint density at radius 1 is 0.676 bits per heavy atom. The molecule has 3 aromatic rings. The van der Waals surface area contributed by atoms with E-state index >= 15 is 0 Å². The van der Waals surface area contributed by atoms with Gasteiger partial charge in [0.15, 0.2) is 6.29 Å². The summed E-state index contributed by atoms with van der Waals surface area (Å²) in [5.41, 5.74) is 3.15. The van der Waals surface area contributed by atoms with Crippen LogP contribution in [0.25, 0.3) is 0 Å². The summed E-state index contributed by atoms with van der Waals surface area (Å²) in [6.45, 7) is 1.58. The zero-order valence-corrected chi connectivity index (χ0v) is 21.1. The van der Waals surface area contributed by atoms with Gasteiger partial charge in [-0.25, -0.2) is 0 Å². The second-order valence-electron chi connectivity index (χ2n) is 8.78. The molecule has 0 bridgehead atoms. The molecule has 5 atom stereocenters. The minimum atomic E-state index is -0.680. The van der Waals surface area contributed by atoms with Crippen molar-refractivity contribution in [1.29, 1.82) is 0 Å². The zero-order valence-electron chi connectivity index (χ0n) is 21.1. The molecule has 3 aromatic carbocycles. The van der Waals surface area contributed by atoms with Crippen LogP contribution in [0.4, 0.5) is 0 Å². The second kappa shape index (κ2) is 14.7. The average Bonchev–Trinajstić information content (AvgIpc) is 2.96. The first-order chi connectivity index (χ1) is 18.3. The van der Waals surface area contributed by atoms with Crippen LogP contribution in [0.1, 0.15) is 16.7 Å². The molecule has 37 heavy (non-hydrogen) atoms. The fourth-order valence-corrected chi connectivity index (χ4v) is 4.31. The van der Waals surface area contributed by atoms with Gasteiger partial charge >= 0.3 is 0 Å². The van der Waals surface area contributed by atoms with Gasteiger partial charge in [-0.1, -0.05) is 96.9 Å². The summed E-state index contributed by atoms with van der Waals surface area (Å²) in [6, 6.07) is 29.9. The number of ether oxygens (including phenoxy) is 6. The average molecular weight is 503 g/mol. The second-order valence-corrected chi connectivity index (χ2v) is 8.78. The normalized spacial score (nSPS) is 23.4. The van der Waals surface area contributed by atoms with Gasteiger partial charge in [0.2, 0.25) is 0 Å². The predicted octanol–water partition coefficient (Wildman–Crippen LogP) is 4.76. The van der Waals surface area contributed by atoms with E-state index in [1.165, 1.54) is 0 Å². The minimum Gasteiger partial charge on any atom is -0.374 e. The molecule has 0 saturated carbocycles. The van der Waals surface area contributed by atoms with Crippen LogP contribution in [0.3, 0.4) is 0 Å². The Kier molecular flexibility index (Phi) is 10.7. The molecule has 6 nitrogen and oxygen atoms in total. The van der Waals surface area contributed by atoms with E-state index in [4.69, 9.17) is 34.8 Å². The van der Waals surface area contributed by atoms with E-state index in [2.05, 4.69) is 5.92 Å². The zero-order chi connectivity index (χ0) is 25.7. The Balaban J connectivity index is 1.53. The molecule has 194 valence electrons. The first-order valence-corrected chi connectivity index (χ1v) is 12.4. The van der Waals surface area contributed by atoms with E-state index < -0.39 is 30.7 Å². The standard InChI is InChI=1S/C31H34O6/c1-3-19-34-28-27(23-33-20-24-13-7-4-8-14-24)37-31(32-2)30(36-22-26-17-11-6-12-18-26)29(28)35-21-25-15-9-5-10-16-25/h1,4-18,27-31H,19-23H2,2H3/t27-,28-,29+,30-,31+/m1/s1. The molecule has 1 saturated heterocycles. The molecule has 4 rings (SSSR count). The number of hydrogen-bond acceptors (Lipinski definition) is 6. The van der Waals surface area contributed by atoms with Gasteiger partial charge < -0.3 is 28.4 Å². The van der Waals surface area contributed by atoms with Crippen LogP contribution in [0.2, 0.25) is 0 Å². The molecule has 0 spiro atoms. The third-order valence-corrected chi connectivity index (χ3v) is 6.15. The SMILES string of the molecule is C#CCO[C@H]1[C@H](OCc2ccccc2)[C@@H](OCc2ccccc2)[C@@H](OC)O[C@@H]1COCc1ccccc1. The highest BCUT2D eigenvalue weighted by molar-refractivity contribution is 5.15. The van der Waals surface area contributed by atoms with Crippen molar-refractivity contribution < 1.29 is 28.4 Å². The van der Waals surface area contributed by atoms with E-state index in [1.807, 2.05) is 91.0 Å². The van der Waals surface area contributed by atoms with Crippen molar-refractivity contribution in [3.05, 3.63) is 108 Å². The molecule has 0 N–H and O–H groups in total. The van der Waals surface area contributed by atoms with Crippen molar-refractivity contribution in [3.8, 4) is 12.3 Å². The van der Waals surface area contributed by atoms with Gasteiger partial charge in [0.05, 0.1) is 26.4 Å². The molecule has 1 heterocycles. The van der Waals surface area contributed by atoms with Crippen molar-refractivity contribution >= 4 is 0 Å². The monoisotopic (exact) mass is 502 g/mol. The van der Waals surface area contributed by atoms with Crippen LogP contribution in [-0.2, 0) is 48.2 Å². The summed E-state index contributed by atoms with van der Waals surface area (Å²) in [5.74, 6) is 2.56. The Morgan fingerprint density at radius 3 is 1.70 bits per heavy atom.